The second-order valence-electron chi connectivity index (χ2n) is 38.5. The number of morpholine rings is 1. The summed E-state index contributed by atoms with van der Waals surface area (Å²) in [5.41, 5.74) is 1.45. The Kier molecular flexibility index (Phi) is 26.9. The molecular weight excluding hydrogens is 1210 g/mol. The van der Waals surface area contributed by atoms with E-state index in [1.165, 1.54) is 77.3 Å². The van der Waals surface area contributed by atoms with Gasteiger partial charge in [0.15, 0.2) is 0 Å². The number of likely N-dealkylation sites (tertiary alicyclic amines) is 5. The number of rotatable bonds is 26. The lowest BCUT2D eigenvalue weighted by molar-refractivity contribution is -0.0428. The number of aryl methyl sites for hydroxylation is 2. The largest absolute Gasteiger partial charge is 0.378 e. The van der Waals surface area contributed by atoms with Crippen LogP contribution in [0.4, 0.5) is 23.8 Å². The van der Waals surface area contributed by atoms with E-state index in [-0.39, 0.29) is 55.4 Å². The second-order valence-corrected chi connectivity index (χ2v) is 38.5. The quantitative estimate of drug-likeness (QED) is 0.0830. The molecule has 564 valence electrons. The maximum Gasteiger partial charge on any atom is 0.230 e. The molecule has 0 bridgehead atoms. The van der Waals surface area contributed by atoms with Gasteiger partial charge in [0.25, 0.3) is 0 Å². The summed E-state index contributed by atoms with van der Waals surface area (Å²) in [4.78, 5) is 58.8. The van der Waals surface area contributed by atoms with Gasteiger partial charge in [-0.05, 0) is 311 Å². The molecule has 0 radical (unpaired) electrons. The lowest BCUT2D eigenvalue weighted by Gasteiger charge is -2.56. The van der Waals surface area contributed by atoms with E-state index >= 15 is 0 Å². The number of unbranched alkanes of at least 4 members (excludes halogenated alkanes) is 7. The van der Waals surface area contributed by atoms with Crippen LogP contribution >= 0.6 is 0 Å². The first-order chi connectivity index (χ1) is 45.2. The van der Waals surface area contributed by atoms with Crippen molar-refractivity contribution in [3.05, 3.63) is 11.6 Å². The molecule has 0 unspecified atom stereocenters. The van der Waals surface area contributed by atoms with Crippen LogP contribution in [0.25, 0.3) is 0 Å². The minimum atomic E-state index is 0.0790. The summed E-state index contributed by atoms with van der Waals surface area (Å²) >= 11 is 0. The minimum absolute atomic E-state index is 0.0790. The minimum Gasteiger partial charge on any atom is -0.378 e. The van der Waals surface area contributed by atoms with Crippen molar-refractivity contribution in [3.63, 3.8) is 0 Å². The van der Waals surface area contributed by atoms with Crippen LogP contribution in [0.2, 0.25) is 0 Å². The van der Waals surface area contributed by atoms with Crippen LogP contribution in [0.15, 0.2) is 0 Å². The average Bonchev–Trinajstić information content (AvgIpc) is 0.782. The van der Waals surface area contributed by atoms with Gasteiger partial charge in [-0.25, -0.2) is 0 Å². The molecule has 98 heavy (non-hydrogen) atoms. The van der Waals surface area contributed by atoms with Gasteiger partial charge in [-0.15, -0.1) is 0 Å². The van der Waals surface area contributed by atoms with Crippen LogP contribution < -0.4 is 19.6 Å². The highest BCUT2D eigenvalue weighted by molar-refractivity contribution is 5.43. The predicted molar refractivity (Wildman–Crippen MR) is 416 cm³/mol. The topological polar surface area (TPSA) is 122 Å². The summed E-state index contributed by atoms with van der Waals surface area (Å²) in [7, 11) is 16.2. The van der Waals surface area contributed by atoms with Crippen LogP contribution in [-0.4, -0.2) is 258 Å². The van der Waals surface area contributed by atoms with Crippen molar-refractivity contribution in [3.8, 4) is 0 Å². The summed E-state index contributed by atoms with van der Waals surface area (Å²) in [6.07, 6.45) is 23.6. The fourth-order valence-electron chi connectivity index (χ4n) is 19.1. The molecule has 8 rings (SSSR count). The SMILES string of the molecule is CCCCN(c1nc(C)nc(N(CCCCCCN(C)C2CC(C)(C)N(C)C(C)(C)C2)C2CC(C)(C)N(C)C(C)(C)C2)n1)C1CC(C)(C)N(C)C(C)(C)C1.Cc1nc(N2CCOCC2)nc(N(CCCCCCN(C)C2CC(C)(C)N(C)C(C)(C)C2)C2CC(C)(C)N(C)C(C)(C)C2)n1. The highest BCUT2D eigenvalue weighted by atomic mass is 16.5. The van der Waals surface area contributed by atoms with E-state index in [9.17, 15) is 0 Å². The Morgan fingerprint density at radius 3 is 0.857 bits per heavy atom. The van der Waals surface area contributed by atoms with Crippen LogP contribution in [0.1, 0.15) is 285 Å². The maximum absolute atomic E-state index is 5.60. The highest BCUT2D eigenvalue weighted by Gasteiger charge is 2.50. The molecule has 18 heteroatoms. The highest BCUT2D eigenvalue weighted by Crippen LogP contribution is 2.45. The van der Waals surface area contributed by atoms with Crippen molar-refractivity contribution in [1.82, 2.24) is 64.2 Å². The van der Waals surface area contributed by atoms with Gasteiger partial charge in [0.05, 0.1) is 13.2 Å². The van der Waals surface area contributed by atoms with E-state index in [2.05, 4.69) is 256 Å². The molecule has 0 aliphatic carbocycles. The van der Waals surface area contributed by atoms with Gasteiger partial charge in [0, 0.05) is 118 Å². The normalized spacial score (nSPS) is 24.8. The third kappa shape index (κ3) is 20.2. The van der Waals surface area contributed by atoms with Gasteiger partial charge in [-0.2, -0.15) is 29.9 Å². The molecule has 0 N–H and O–H groups in total. The monoisotopic (exact) mass is 1370 g/mol. The van der Waals surface area contributed by atoms with Gasteiger partial charge in [-0.3, -0.25) is 24.5 Å². The van der Waals surface area contributed by atoms with Gasteiger partial charge >= 0.3 is 0 Å². The van der Waals surface area contributed by atoms with E-state index < -0.39 is 0 Å². The zero-order valence-corrected chi connectivity index (χ0v) is 69.4. The maximum atomic E-state index is 5.60. The Morgan fingerprint density at radius 2 is 0.571 bits per heavy atom. The molecule has 0 amide bonds. The first kappa shape index (κ1) is 82.2. The van der Waals surface area contributed by atoms with Crippen molar-refractivity contribution in [1.29, 1.82) is 0 Å². The molecule has 0 aromatic carbocycles. The van der Waals surface area contributed by atoms with Crippen molar-refractivity contribution < 1.29 is 4.74 Å². The van der Waals surface area contributed by atoms with E-state index in [1.54, 1.807) is 0 Å². The molecule has 2 aromatic heterocycles. The Labute approximate surface area is 602 Å². The van der Waals surface area contributed by atoms with Crippen LogP contribution in [0.3, 0.4) is 0 Å². The molecule has 0 spiro atoms. The van der Waals surface area contributed by atoms with E-state index in [4.69, 9.17) is 34.6 Å². The number of nitrogens with zero attached hydrogens (tertiary/aromatic N) is 17. The number of piperidine rings is 5. The summed E-state index contributed by atoms with van der Waals surface area (Å²) in [5, 5.41) is 0. The zero-order chi connectivity index (χ0) is 73.2. The molecular formula is C80H153N17O. The fourth-order valence-corrected chi connectivity index (χ4v) is 19.1. The Bertz CT molecular complexity index is 2730. The van der Waals surface area contributed by atoms with Crippen LogP contribution in [0, 0.1) is 13.8 Å². The van der Waals surface area contributed by atoms with E-state index in [0.29, 0.717) is 30.2 Å². The predicted octanol–water partition coefficient (Wildman–Crippen LogP) is 14.7. The molecule has 6 aliphatic rings. The first-order valence-corrected chi connectivity index (χ1v) is 39.4. The number of aromatic nitrogens is 6. The van der Waals surface area contributed by atoms with E-state index in [1.807, 2.05) is 6.92 Å². The van der Waals surface area contributed by atoms with Gasteiger partial charge in [-0.1, -0.05) is 39.0 Å². The van der Waals surface area contributed by atoms with E-state index in [0.717, 1.165) is 146 Å². The molecule has 0 atom stereocenters. The summed E-state index contributed by atoms with van der Waals surface area (Å²) in [6.45, 7) is 63.0. The standard InChI is InChI=1S/C45H87N9.C35H66N8O/c1-19-20-26-53(36-30-42(7,8)51(17)43(9,10)31-36)38-46-34(2)47-39(48-38)54(37-32-44(11,12)52(18)45(13,14)33-37)27-24-22-21-23-25-49(15)35-28-40(3,4)50(16)41(5,6)29-35;1-27-36-30(42-19-21-44-22-20-42)38-31(37-27)43(29-25-34(6,7)41(12)35(8,9)26-29)18-16-14-13-15-17-39(10)28-23-32(2,3)40(11)33(4,5)24-28/h35-37H,19-33H2,1-18H3;28-29H,13-26H2,1-12H3. The summed E-state index contributed by atoms with van der Waals surface area (Å²) in [5.74, 6) is 5.06. The van der Waals surface area contributed by atoms with Crippen molar-refractivity contribution in [2.24, 2.45) is 0 Å². The molecule has 2 aromatic rings. The Balaban J connectivity index is 0.000000282. The Morgan fingerprint density at radius 1 is 0.327 bits per heavy atom. The number of hydrogen-bond donors (Lipinski definition) is 0. The number of ether oxygens (including phenoxy) is 1. The molecule has 6 aliphatic heterocycles. The number of anilines is 4. The smallest absolute Gasteiger partial charge is 0.230 e. The molecule has 8 heterocycles. The lowest BCUT2D eigenvalue weighted by atomic mass is 9.77. The van der Waals surface area contributed by atoms with Crippen molar-refractivity contribution in [2.45, 2.75) is 373 Å². The summed E-state index contributed by atoms with van der Waals surface area (Å²) in [6, 6.07) is 2.43. The molecule has 0 saturated carbocycles. The first-order valence-electron chi connectivity index (χ1n) is 39.4. The second kappa shape index (κ2) is 32.1. The van der Waals surface area contributed by atoms with Gasteiger partial charge in [0.1, 0.15) is 11.6 Å². The summed E-state index contributed by atoms with van der Waals surface area (Å²) < 4.78 is 5.60. The average molecular weight is 1370 g/mol. The van der Waals surface area contributed by atoms with Gasteiger partial charge in [0.2, 0.25) is 23.8 Å². The van der Waals surface area contributed by atoms with Crippen LogP contribution in [-0.2, 0) is 4.74 Å². The number of hydrogen-bond acceptors (Lipinski definition) is 18. The van der Waals surface area contributed by atoms with Crippen molar-refractivity contribution >= 4 is 23.8 Å². The fraction of sp³-hybridized carbons (Fsp3) is 0.925. The van der Waals surface area contributed by atoms with Gasteiger partial charge < -0.3 is 34.1 Å². The third-order valence-electron chi connectivity index (χ3n) is 26.6. The van der Waals surface area contributed by atoms with Crippen LogP contribution in [0.5, 0.6) is 0 Å². The zero-order valence-electron chi connectivity index (χ0n) is 69.4. The molecule has 6 fully saturated rings. The lowest BCUT2D eigenvalue weighted by Crippen LogP contribution is -2.63. The van der Waals surface area contributed by atoms with Crippen molar-refractivity contribution in [2.75, 3.05) is 128 Å². The Hall–Kier alpha value is -3.10. The molecule has 6 saturated heterocycles. The third-order valence-corrected chi connectivity index (χ3v) is 26.6. The molecule has 18 nitrogen and oxygen atoms in total.